The van der Waals surface area contributed by atoms with Gasteiger partial charge in [-0.15, -0.1) is 0 Å². The van der Waals surface area contributed by atoms with Crippen molar-refractivity contribution >= 4 is 5.65 Å². The van der Waals surface area contributed by atoms with E-state index in [9.17, 15) is 13.2 Å². The lowest BCUT2D eigenvalue weighted by atomic mass is 9.89. The minimum atomic E-state index is -4.48. The first kappa shape index (κ1) is 20.8. The average Bonchev–Trinajstić information content (AvgIpc) is 3.38. The van der Waals surface area contributed by atoms with Crippen molar-refractivity contribution in [1.29, 1.82) is 0 Å². The van der Waals surface area contributed by atoms with E-state index in [4.69, 9.17) is 0 Å². The summed E-state index contributed by atoms with van der Waals surface area (Å²) in [5.74, 6) is 0. The summed E-state index contributed by atoms with van der Waals surface area (Å²) >= 11 is 0. The monoisotopic (exact) mass is 420 g/mol. The van der Waals surface area contributed by atoms with Crippen LogP contribution in [0, 0.1) is 0 Å². The SMILES string of the molecule is CCc1cc(C(F)(F)F)n2nc([C@H]3CCCN3Cc3cn[nH]c3C(C)(C)C)cc2n1. The first-order valence-corrected chi connectivity index (χ1v) is 10.3. The zero-order valence-corrected chi connectivity index (χ0v) is 17.7. The van der Waals surface area contributed by atoms with Crippen molar-refractivity contribution in [3.63, 3.8) is 0 Å². The third kappa shape index (κ3) is 3.82. The van der Waals surface area contributed by atoms with Gasteiger partial charge in [0.05, 0.1) is 17.9 Å². The van der Waals surface area contributed by atoms with Gasteiger partial charge in [-0.05, 0) is 31.9 Å². The first-order valence-electron chi connectivity index (χ1n) is 10.3. The lowest BCUT2D eigenvalue weighted by Crippen LogP contribution is -2.25. The van der Waals surface area contributed by atoms with Crippen LogP contribution in [0.15, 0.2) is 18.3 Å². The quantitative estimate of drug-likeness (QED) is 0.666. The van der Waals surface area contributed by atoms with E-state index in [2.05, 4.69) is 46.0 Å². The molecule has 1 aliphatic heterocycles. The van der Waals surface area contributed by atoms with E-state index >= 15 is 0 Å². The fourth-order valence-corrected chi connectivity index (χ4v) is 4.24. The van der Waals surface area contributed by atoms with Gasteiger partial charge in [-0.25, -0.2) is 9.50 Å². The van der Waals surface area contributed by atoms with Gasteiger partial charge in [-0.1, -0.05) is 27.7 Å². The predicted molar refractivity (Wildman–Crippen MR) is 107 cm³/mol. The lowest BCUT2D eigenvalue weighted by molar-refractivity contribution is -0.142. The van der Waals surface area contributed by atoms with Crippen LogP contribution in [0.5, 0.6) is 0 Å². The number of hydrogen-bond acceptors (Lipinski definition) is 4. The number of aromatic amines is 1. The second-order valence-electron chi connectivity index (χ2n) is 8.97. The molecule has 30 heavy (non-hydrogen) atoms. The van der Waals surface area contributed by atoms with Crippen molar-refractivity contribution in [3.05, 3.63) is 46.7 Å². The Balaban J connectivity index is 1.69. The van der Waals surface area contributed by atoms with E-state index in [0.29, 0.717) is 24.4 Å². The summed E-state index contributed by atoms with van der Waals surface area (Å²) in [7, 11) is 0. The van der Waals surface area contributed by atoms with Crippen LogP contribution in [0.25, 0.3) is 5.65 Å². The molecule has 162 valence electrons. The second-order valence-corrected chi connectivity index (χ2v) is 8.97. The van der Waals surface area contributed by atoms with E-state index in [1.165, 1.54) is 0 Å². The number of aryl methyl sites for hydroxylation is 1. The molecule has 1 N–H and O–H groups in total. The summed E-state index contributed by atoms with van der Waals surface area (Å²) in [4.78, 5) is 6.65. The van der Waals surface area contributed by atoms with Gasteiger partial charge in [0, 0.05) is 35.0 Å². The number of nitrogens with zero attached hydrogens (tertiary/aromatic N) is 5. The Hall–Kier alpha value is -2.42. The maximum atomic E-state index is 13.6. The van der Waals surface area contributed by atoms with Gasteiger partial charge in [0.15, 0.2) is 5.65 Å². The Kier molecular flexibility index (Phi) is 5.12. The molecule has 3 aromatic heterocycles. The van der Waals surface area contributed by atoms with E-state index in [0.717, 1.165) is 41.2 Å². The van der Waals surface area contributed by atoms with Crippen molar-refractivity contribution < 1.29 is 13.2 Å². The van der Waals surface area contributed by atoms with Crippen LogP contribution in [0.3, 0.4) is 0 Å². The molecule has 4 heterocycles. The Labute approximate surface area is 173 Å². The number of hydrogen-bond donors (Lipinski definition) is 1. The Morgan fingerprint density at radius 3 is 2.63 bits per heavy atom. The topological polar surface area (TPSA) is 62.1 Å². The molecule has 6 nitrogen and oxygen atoms in total. The van der Waals surface area contributed by atoms with Gasteiger partial charge in [0.2, 0.25) is 0 Å². The molecule has 0 radical (unpaired) electrons. The number of fused-ring (bicyclic) bond motifs is 1. The number of rotatable bonds is 4. The Morgan fingerprint density at radius 1 is 1.20 bits per heavy atom. The molecule has 4 rings (SSSR count). The van der Waals surface area contributed by atoms with Crippen molar-refractivity contribution in [3.8, 4) is 0 Å². The molecule has 3 aromatic rings. The molecule has 0 spiro atoms. The average molecular weight is 420 g/mol. The van der Waals surface area contributed by atoms with Crippen LogP contribution in [0.1, 0.15) is 74.9 Å². The smallest absolute Gasteiger partial charge is 0.290 e. The van der Waals surface area contributed by atoms with E-state index < -0.39 is 11.9 Å². The molecule has 0 amide bonds. The largest absolute Gasteiger partial charge is 0.433 e. The minimum Gasteiger partial charge on any atom is -0.290 e. The molecular weight excluding hydrogens is 393 g/mol. The van der Waals surface area contributed by atoms with E-state index in [1.807, 2.05) is 6.20 Å². The molecular formula is C21H27F3N6. The fourth-order valence-electron chi connectivity index (χ4n) is 4.24. The van der Waals surface area contributed by atoms with Gasteiger partial charge in [0.25, 0.3) is 0 Å². The third-order valence-corrected chi connectivity index (χ3v) is 5.70. The van der Waals surface area contributed by atoms with Gasteiger partial charge >= 0.3 is 6.18 Å². The van der Waals surface area contributed by atoms with E-state index in [1.54, 1.807) is 13.0 Å². The number of halogens is 3. The maximum absolute atomic E-state index is 13.6. The maximum Gasteiger partial charge on any atom is 0.433 e. The van der Waals surface area contributed by atoms with Crippen molar-refractivity contribution in [2.24, 2.45) is 0 Å². The highest BCUT2D eigenvalue weighted by molar-refractivity contribution is 5.43. The number of alkyl halides is 3. The standard InChI is InChI=1S/C21H27F3N6/c1-5-14-9-17(21(22,23)24)30-18(26-14)10-15(28-30)16-7-6-8-29(16)12-13-11-25-27-19(13)20(2,3)4/h9-11,16H,5-8,12H2,1-4H3,(H,25,27)/t16-/m1/s1. The van der Waals surface area contributed by atoms with Gasteiger partial charge in [0.1, 0.15) is 5.69 Å². The summed E-state index contributed by atoms with van der Waals surface area (Å²) in [6.07, 6.45) is -0.375. The summed E-state index contributed by atoms with van der Waals surface area (Å²) in [5.41, 5.74) is 2.66. The first-order chi connectivity index (χ1) is 14.1. The van der Waals surface area contributed by atoms with Crippen molar-refractivity contribution in [2.45, 2.75) is 71.1 Å². The number of likely N-dealkylation sites (tertiary alicyclic amines) is 1. The fraction of sp³-hybridized carbons (Fsp3) is 0.571. The van der Waals surface area contributed by atoms with Crippen LogP contribution in [-0.2, 0) is 24.6 Å². The highest BCUT2D eigenvalue weighted by Crippen LogP contribution is 2.36. The molecule has 1 fully saturated rings. The molecule has 0 unspecified atom stereocenters. The zero-order valence-electron chi connectivity index (χ0n) is 17.7. The third-order valence-electron chi connectivity index (χ3n) is 5.70. The number of nitrogens with one attached hydrogen (secondary N) is 1. The molecule has 9 heteroatoms. The van der Waals surface area contributed by atoms with Crippen molar-refractivity contribution in [1.82, 2.24) is 29.7 Å². The Morgan fingerprint density at radius 2 is 1.97 bits per heavy atom. The highest BCUT2D eigenvalue weighted by Gasteiger charge is 2.36. The molecule has 0 bridgehead atoms. The normalized spacial score (nSPS) is 18.6. The Bertz CT molecular complexity index is 1040. The summed E-state index contributed by atoms with van der Waals surface area (Å²) < 4.78 is 41.7. The van der Waals surface area contributed by atoms with Crippen LogP contribution in [-0.4, -0.2) is 36.2 Å². The lowest BCUT2D eigenvalue weighted by Gasteiger charge is -2.25. The molecule has 0 saturated carbocycles. The summed E-state index contributed by atoms with van der Waals surface area (Å²) in [6, 6.07) is 2.76. The molecule has 0 aromatic carbocycles. The van der Waals surface area contributed by atoms with Crippen molar-refractivity contribution in [2.75, 3.05) is 6.54 Å². The number of H-pyrrole nitrogens is 1. The number of aromatic nitrogens is 5. The zero-order chi connectivity index (χ0) is 21.7. The van der Waals surface area contributed by atoms with Crippen LogP contribution >= 0.6 is 0 Å². The molecule has 1 atom stereocenters. The molecule has 1 saturated heterocycles. The second kappa shape index (κ2) is 7.37. The summed E-state index contributed by atoms with van der Waals surface area (Å²) in [5, 5.41) is 11.7. The minimum absolute atomic E-state index is 0.0411. The van der Waals surface area contributed by atoms with Crippen LogP contribution in [0.4, 0.5) is 13.2 Å². The molecule has 1 aliphatic rings. The highest BCUT2D eigenvalue weighted by atomic mass is 19.4. The predicted octanol–water partition coefficient (Wildman–Crippen LogP) is 4.67. The van der Waals surface area contributed by atoms with Gasteiger partial charge in [-0.2, -0.15) is 23.4 Å². The van der Waals surface area contributed by atoms with Gasteiger partial charge < -0.3 is 0 Å². The summed E-state index contributed by atoms with van der Waals surface area (Å²) in [6.45, 7) is 9.73. The van der Waals surface area contributed by atoms with Crippen LogP contribution < -0.4 is 0 Å². The van der Waals surface area contributed by atoms with E-state index in [-0.39, 0.29) is 17.1 Å². The van der Waals surface area contributed by atoms with Gasteiger partial charge in [-0.3, -0.25) is 10.00 Å². The molecule has 0 aliphatic carbocycles. The van der Waals surface area contributed by atoms with Crippen LogP contribution in [0.2, 0.25) is 0 Å².